The normalized spacial score (nSPS) is 12.5. The molecule has 12 heteroatoms. The first-order chi connectivity index (χ1) is 19.5. The van der Waals surface area contributed by atoms with E-state index in [4.69, 9.17) is 4.74 Å². The molecule has 0 saturated heterocycles. The number of aromatic carboxylic acids is 1. The maximum atomic E-state index is 14.7. The summed E-state index contributed by atoms with van der Waals surface area (Å²) in [5, 5.41) is 15.9. The molecular formula is C29H23F3N4O5. The Hall–Kier alpha value is -5.13. The van der Waals surface area contributed by atoms with Crippen LogP contribution in [0.3, 0.4) is 0 Å². The van der Waals surface area contributed by atoms with E-state index < -0.39 is 47.0 Å². The molecule has 0 aliphatic carbocycles. The molecule has 1 aliphatic rings. The summed E-state index contributed by atoms with van der Waals surface area (Å²) in [6, 6.07) is 11.3. The van der Waals surface area contributed by atoms with Crippen molar-refractivity contribution in [1.29, 1.82) is 0 Å². The summed E-state index contributed by atoms with van der Waals surface area (Å²) in [5.41, 5.74) is 0.542. The number of fused-ring (bicyclic) bond motifs is 3. The third kappa shape index (κ3) is 5.23. The molecule has 0 saturated carbocycles. The summed E-state index contributed by atoms with van der Waals surface area (Å²) in [4.78, 5) is 39.7. The zero-order valence-electron chi connectivity index (χ0n) is 21.8. The van der Waals surface area contributed by atoms with Gasteiger partial charge in [-0.2, -0.15) is 5.10 Å². The fourth-order valence-electron chi connectivity index (χ4n) is 4.64. The number of ether oxygens (including phenoxy) is 1. The van der Waals surface area contributed by atoms with Crippen LogP contribution in [0.15, 0.2) is 60.7 Å². The van der Waals surface area contributed by atoms with E-state index in [1.54, 1.807) is 13.1 Å². The van der Waals surface area contributed by atoms with E-state index in [9.17, 15) is 32.7 Å². The van der Waals surface area contributed by atoms with Gasteiger partial charge in [0, 0.05) is 30.3 Å². The minimum atomic E-state index is -1.33. The molecule has 1 aromatic heterocycles. The summed E-state index contributed by atoms with van der Waals surface area (Å²) in [5.74, 6) is -4.55. The number of amides is 2. The van der Waals surface area contributed by atoms with Crippen LogP contribution in [0.25, 0.3) is 11.3 Å². The molecular weight excluding hydrogens is 541 g/mol. The van der Waals surface area contributed by atoms with Gasteiger partial charge in [0.2, 0.25) is 5.91 Å². The lowest BCUT2D eigenvalue weighted by Gasteiger charge is -2.29. The van der Waals surface area contributed by atoms with Crippen molar-refractivity contribution >= 4 is 23.5 Å². The highest BCUT2D eigenvalue weighted by molar-refractivity contribution is 6.02. The topological polar surface area (TPSA) is 114 Å². The van der Waals surface area contributed by atoms with E-state index in [1.165, 1.54) is 48.0 Å². The third-order valence-electron chi connectivity index (χ3n) is 6.79. The number of aryl methyl sites for hydroxylation is 1. The van der Waals surface area contributed by atoms with Gasteiger partial charge in [0.05, 0.1) is 16.9 Å². The van der Waals surface area contributed by atoms with Gasteiger partial charge in [0.25, 0.3) is 5.91 Å². The van der Waals surface area contributed by atoms with Gasteiger partial charge in [-0.15, -0.1) is 0 Å². The monoisotopic (exact) mass is 564 g/mol. The second-order valence-corrected chi connectivity index (χ2v) is 9.42. The maximum Gasteiger partial charge on any atom is 0.335 e. The van der Waals surface area contributed by atoms with Crippen LogP contribution in [-0.4, -0.2) is 43.6 Å². The Balaban J connectivity index is 1.52. The molecule has 0 spiro atoms. The van der Waals surface area contributed by atoms with Gasteiger partial charge >= 0.3 is 5.97 Å². The Morgan fingerprint density at radius 3 is 2.56 bits per heavy atom. The van der Waals surface area contributed by atoms with E-state index in [-0.39, 0.29) is 30.0 Å². The quantitative estimate of drug-likeness (QED) is 0.335. The number of rotatable bonds is 7. The van der Waals surface area contributed by atoms with Crippen molar-refractivity contribution in [2.75, 3.05) is 5.32 Å². The predicted octanol–water partition coefficient (Wildman–Crippen LogP) is 4.76. The fraction of sp³-hybridized carbons (Fsp3) is 0.172. The second kappa shape index (κ2) is 10.8. The number of hydrogen-bond acceptors (Lipinski definition) is 5. The molecule has 0 bridgehead atoms. The average molecular weight is 565 g/mol. The largest absolute Gasteiger partial charge is 0.488 e. The number of halogens is 3. The number of carbonyl (C=O) groups excluding carboxylic acids is 2. The van der Waals surface area contributed by atoms with Crippen molar-refractivity contribution < 1.29 is 37.4 Å². The zero-order chi connectivity index (χ0) is 29.4. The van der Waals surface area contributed by atoms with Crippen LogP contribution in [0.5, 0.6) is 5.75 Å². The van der Waals surface area contributed by atoms with Crippen LogP contribution >= 0.6 is 0 Å². The SMILES string of the molecule is CC(C(=O)Nc1cc(C(=O)O)ccc1F)N(Cc1ccccc1F)C(=O)c1nn(C)c2c1COc1ccc(F)cc1-2. The molecule has 3 aromatic carbocycles. The highest BCUT2D eigenvalue weighted by atomic mass is 19.1. The van der Waals surface area contributed by atoms with E-state index in [2.05, 4.69) is 10.4 Å². The first-order valence-electron chi connectivity index (χ1n) is 12.4. The number of carboxylic acids is 1. The number of nitrogens with zero attached hydrogens (tertiary/aromatic N) is 3. The van der Waals surface area contributed by atoms with Crippen LogP contribution in [-0.2, 0) is 25.0 Å². The minimum Gasteiger partial charge on any atom is -0.488 e. The van der Waals surface area contributed by atoms with Crippen LogP contribution in [0.4, 0.5) is 18.9 Å². The molecule has 1 atom stereocenters. The number of nitrogens with one attached hydrogen (secondary N) is 1. The standard InChI is InChI=1S/C29H23F3N4O5/c1-15(27(37)33-23-11-16(29(39)40)7-9-22(23)32)36(13-17-5-3-4-6-21(17)31)28(38)25-20-14-41-24-10-8-18(30)12-19(24)26(20)35(2)34-25/h3-12,15H,13-14H2,1-2H3,(H,33,37)(H,39,40). The summed E-state index contributed by atoms with van der Waals surface area (Å²) in [6.45, 7) is 0.947. The molecule has 2 amide bonds. The Morgan fingerprint density at radius 2 is 1.83 bits per heavy atom. The van der Waals surface area contributed by atoms with Gasteiger partial charge in [-0.1, -0.05) is 18.2 Å². The van der Waals surface area contributed by atoms with Gasteiger partial charge < -0.3 is 20.1 Å². The lowest BCUT2D eigenvalue weighted by molar-refractivity contribution is -0.120. The number of anilines is 1. The van der Waals surface area contributed by atoms with Crippen molar-refractivity contribution in [1.82, 2.24) is 14.7 Å². The first kappa shape index (κ1) is 27.4. The van der Waals surface area contributed by atoms with E-state index in [1.807, 2.05) is 0 Å². The molecule has 5 rings (SSSR count). The number of carbonyl (C=O) groups is 3. The lowest BCUT2D eigenvalue weighted by atomic mass is 10.0. The Kier molecular flexibility index (Phi) is 7.22. The predicted molar refractivity (Wildman–Crippen MR) is 141 cm³/mol. The van der Waals surface area contributed by atoms with Gasteiger partial charge in [-0.3, -0.25) is 14.3 Å². The Morgan fingerprint density at radius 1 is 1.07 bits per heavy atom. The van der Waals surface area contributed by atoms with Crippen molar-refractivity contribution in [3.63, 3.8) is 0 Å². The Labute approximate surface area is 231 Å². The first-order valence-corrected chi connectivity index (χ1v) is 12.4. The molecule has 4 aromatic rings. The van der Waals surface area contributed by atoms with Crippen LogP contribution in [0.1, 0.15) is 38.9 Å². The van der Waals surface area contributed by atoms with E-state index in [0.717, 1.165) is 23.1 Å². The molecule has 2 N–H and O–H groups in total. The average Bonchev–Trinajstić information content (AvgIpc) is 3.29. The lowest BCUT2D eigenvalue weighted by Crippen LogP contribution is -2.45. The van der Waals surface area contributed by atoms with Gasteiger partial charge in [0.15, 0.2) is 5.69 Å². The smallest absolute Gasteiger partial charge is 0.335 e. The summed E-state index contributed by atoms with van der Waals surface area (Å²) in [6.07, 6.45) is 0. The molecule has 0 radical (unpaired) electrons. The maximum absolute atomic E-state index is 14.7. The molecule has 2 heterocycles. The second-order valence-electron chi connectivity index (χ2n) is 9.42. The number of hydrogen-bond donors (Lipinski definition) is 2. The van der Waals surface area contributed by atoms with Crippen molar-refractivity contribution in [3.05, 3.63) is 100 Å². The molecule has 0 fully saturated rings. The van der Waals surface area contributed by atoms with Crippen LogP contribution < -0.4 is 10.1 Å². The highest BCUT2D eigenvalue weighted by Crippen LogP contribution is 2.39. The molecule has 210 valence electrons. The van der Waals surface area contributed by atoms with Crippen molar-refractivity contribution in [2.24, 2.45) is 7.05 Å². The molecule has 1 aliphatic heterocycles. The number of benzene rings is 3. The highest BCUT2D eigenvalue weighted by Gasteiger charge is 2.35. The Bertz CT molecular complexity index is 1700. The van der Waals surface area contributed by atoms with Crippen molar-refractivity contribution in [2.45, 2.75) is 26.1 Å². The number of carboxylic acid groups (broad SMARTS) is 1. The van der Waals surface area contributed by atoms with Crippen LogP contribution in [0.2, 0.25) is 0 Å². The summed E-state index contributed by atoms with van der Waals surface area (Å²) in [7, 11) is 1.57. The van der Waals surface area contributed by atoms with Crippen molar-refractivity contribution in [3.8, 4) is 17.0 Å². The van der Waals surface area contributed by atoms with Gasteiger partial charge in [-0.25, -0.2) is 18.0 Å². The summed E-state index contributed by atoms with van der Waals surface area (Å²) < 4.78 is 50.3. The van der Waals surface area contributed by atoms with Crippen LogP contribution in [0, 0.1) is 17.5 Å². The molecule has 9 nitrogen and oxygen atoms in total. The third-order valence-corrected chi connectivity index (χ3v) is 6.79. The summed E-state index contributed by atoms with van der Waals surface area (Å²) >= 11 is 0. The molecule has 41 heavy (non-hydrogen) atoms. The molecule has 1 unspecified atom stereocenters. The number of aromatic nitrogens is 2. The van der Waals surface area contributed by atoms with Gasteiger partial charge in [-0.05, 0) is 49.4 Å². The van der Waals surface area contributed by atoms with E-state index in [0.29, 0.717) is 22.6 Å². The van der Waals surface area contributed by atoms with Gasteiger partial charge in [0.1, 0.15) is 35.8 Å². The fourth-order valence-corrected chi connectivity index (χ4v) is 4.64. The zero-order valence-corrected chi connectivity index (χ0v) is 21.8. The van der Waals surface area contributed by atoms with E-state index >= 15 is 0 Å². The minimum absolute atomic E-state index is 0.0653.